The van der Waals surface area contributed by atoms with E-state index in [1.807, 2.05) is 0 Å². The molecule has 0 saturated carbocycles. The molecule has 1 aliphatic carbocycles. The number of aryl methyl sites for hydroxylation is 1. The zero-order chi connectivity index (χ0) is 17.6. The van der Waals surface area contributed by atoms with E-state index in [1.165, 1.54) is 11.1 Å². The van der Waals surface area contributed by atoms with Gasteiger partial charge in [0, 0.05) is 19.0 Å². The Balaban J connectivity index is 1.51. The molecular formula is C20H30N2O3. The Morgan fingerprint density at radius 1 is 1.28 bits per heavy atom. The molecule has 1 aromatic rings. The summed E-state index contributed by atoms with van der Waals surface area (Å²) in [5.74, 6) is -0.263. The molecule has 1 amide bonds. The number of primary amides is 1. The number of aliphatic hydroxyl groups excluding tert-OH is 1. The summed E-state index contributed by atoms with van der Waals surface area (Å²) < 4.78 is 6.06. The number of likely N-dealkylation sites (tertiary alicyclic amines) is 1. The second-order valence-corrected chi connectivity index (χ2v) is 7.38. The minimum absolute atomic E-state index is 0.0855. The molecule has 3 atom stereocenters. The van der Waals surface area contributed by atoms with Crippen LogP contribution in [-0.4, -0.2) is 47.8 Å². The summed E-state index contributed by atoms with van der Waals surface area (Å²) in [5.41, 5.74) is 8.00. The number of rotatable bonds is 7. The molecule has 0 bridgehead atoms. The van der Waals surface area contributed by atoms with Gasteiger partial charge in [0.1, 0.15) is 0 Å². The number of benzene rings is 1. The van der Waals surface area contributed by atoms with Crippen molar-refractivity contribution in [2.75, 3.05) is 19.7 Å². The molecule has 5 nitrogen and oxygen atoms in total. The maximum atomic E-state index is 11.3. The van der Waals surface area contributed by atoms with Crippen LogP contribution in [0.4, 0.5) is 0 Å². The number of β-amino-alcohol motifs (C(OH)–C–C–N with tert-alkyl or cyclic N) is 1. The number of nitrogens with zero attached hydrogens (tertiary/aromatic N) is 1. The summed E-state index contributed by atoms with van der Waals surface area (Å²) >= 11 is 0. The molecule has 1 fully saturated rings. The molecule has 1 aromatic carbocycles. The first kappa shape index (κ1) is 18.4. The molecule has 138 valence electrons. The number of carbonyl (C=O) groups is 1. The number of hydrogen-bond acceptors (Lipinski definition) is 4. The van der Waals surface area contributed by atoms with Gasteiger partial charge in [-0.1, -0.05) is 30.7 Å². The summed E-state index contributed by atoms with van der Waals surface area (Å²) in [6, 6.07) is 8.60. The zero-order valence-corrected chi connectivity index (χ0v) is 14.9. The van der Waals surface area contributed by atoms with E-state index in [4.69, 9.17) is 10.5 Å². The third-order valence-electron chi connectivity index (χ3n) is 5.44. The summed E-state index contributed by atoms with van der Waals surface area (Å²) in [6.45, 7) is 1.80. The van der Waals surface area contributed by atoms with Crippen molar-refractivity contribution in [3.63, 3.8) is 0 Å². The topological polar surface area (TPSA) is 75.8 Å². The number of amides is 1. The van der Waals surface area contributed by atoms with Gasteiger partial charge in [-0.05, 0) is 49.8 Å². The minimum Gasteiger partial charge on any atom is -0.389 e. The van der Waals surface area contributed by atoms with Crippen molar-refractivity contribution in [2.45, 2.75) is 63.2 Å². The fourth-order valence-corrected chi connectivity index (χ4v) is 4.20. The smallest absolute Gasteiger partial charge is 0.218 e. The Kier molecular flexibility index (Phi) is 6.45. The van der Waals surface area contributed by atoms with Crippen LogP contribution < -0.4 is 5.73 Å². The maximum absolute atomic E-state index is 11.3. The molecule has 2 aliphatic rings. The third-order valence-corrected chi connectivity index (χ3v) is 5.44. The Morgan fingerprint density at radius 3 is 2.96 bits per heavy atom. The molecule has 0 aromatic heterocycles. The average Bonchev–Trinajstić information content (AvgIpc) is 2.61. The molecule has 0 spiro atoms. The van der Waals surface area contributed by atoms with Crippen LogP contribution >= 0.6 is 0 Å². The Labute approximate surface area is 150 Å². The van der Waals surface area contributed by atoms with E-state index in [-0.39, 0.29) is 18.1 Å². The van der Waals surface area contributed by atoms with Gasteiger partial charge in [0.15, 0.2) is 0 Å². The van der Waals surface area contributed by atoms with Crippen LogP contribution in [0.1, 0.15) is 55.8 Å². The predicted molar refractivity (Wildman–Crippen MR) is 97.1 cm³/mol. The van der Waals surface area contributed by atoms with Crippen molar-refractivity contribution < 1.29 is 14.6 Å². The van der Waals surface area contributed by atoms with Gasteiger partial charge < -0.3 is 15.6 Å². The van der Waals surface area contributed by atoms with E-state index in [1.54, 1.807) is 0 Å². The molecule has 0 radical (unpaired) electrons. The zero-order valence-electron chi connectivity index (χ0n) is 14.9. The summed E-state index contributed by atoms with van der Waals surface area (Å²) in [5, 5.41) is 10.4. The number of nitrogens with two attached hydrogens (primary N) is 1. The van der Waals surface area contributed by atoms with Crippen LogP contribution in [0.3, 0.4) is 0 Å². The van der Waals surface area contributed by atoms with Crippen molar-refractivity contribution in [3.05, 3.63) is 35.4 Å². The molecule has 1 saturated heterocycles. The third kappa shape index (κ3) is 5.03. The van der Waals surface area contributed by atoms with Crippen LogP contribution in [0.15, 0.2) is 24.3 Å². The number of carbonyl (C=O) groups excluding carboxylic acids is 1. The van der Waals surface area contributed by atoms with Crippen LogP contribution in [0.2, 0.25) is 0 Å². The molecule has 1 aliphatic heterocycles. The van der Waals surface area contributed by atoms with E-state index >= 15 is 0 Å². The number of hydrogen-bond donors (Lipinski definition) is 2. The molecule has 3 unspecified atom stereocenters. The lowest BCUT2D eigenvalue weighted by molar-refractivity contribution is -0.119. The highest BCUT2D eigenvalue weighted by Crippen LogP contribution is 2.32. The number of ether oxygens (including phenoxy) is 1. The Bertz CT molecular complexity index is 578. The van der Waals surface area contributed by atoms with Crippen molar-refractivity contribution in [1.29, 1.82) is 0 Å². The lowest BCUT2D eigenvalue weighted by atomic mass is 9.89. The second-order valence-electron chi connectivity index (χ2n) is 7.38. The van der Waals surface area contributed by atoms with Gasteiger partial charge in [0.2, 0.25) is 5.91 Å². The molecule has 1 heterocycles. The van der Waals surface area contributed by atoms with Crippen LogP contribution in [0.25, 0.3) is 0 Å². The predicted octanol–water partition coefficient (Wildman–Crippen LogP) is 2.17. The first-order valence-corrected chi connectivity index (χ1v) is 9.53. The highest BCUT2D eigenvalue weighted by molar-refractivity contribution is 5.74. The maximum Gasteiger partial charge on any atom is 0.218 e. The van der Waals surface area contributed by atoms with E-state index < -0.39 is 6.10 Å². The molecule has 25 heavy (non-hydrogen) atoms. The van der Waals surface area contributed by atoms with Crippen LogP contribution in [0, 0.1) is 0 Å². The second kappa shape index (κ2) is 8.79. The highest BCUT2D eigenvalue weighted by Gasteiger charge is 2.27. The Hall–Kier alpha value is -1.43. The normalized spacial score (nSPS) is 25.3. The average molecular weight is 346 g/mol. The standard InChI is InChI=1S/C20H30N2O3/c21-20(24)12-16-8-3-4-11-22(16)13-17(23)14-25-19-10-5-7-15-6-1-2-9-18(15)19/h1-2,6,9,16-17,19,23H,3-5,7-8,10-14H2,(H2,21,24). The highest BCUT2D eigenvalue weighted by atomic mass is 16.5. The van der Waals surface area contributed by atoms with E-state index in [2.05, 4.69) is 29.2 Å². The number of aliphatic hydroxyl groups is 1. The number of piperidine rings is 1. The SMILES string of the molecule is NC(=O)CC1CCCCN1CC(O)COC1CCCc2ccccc21. The number of fused-ring (bicyclic) bond motifs is 1. The quantitative estimate of drug-likeness (QED) is 0.793. The lowest BCUT2D eigenvalue weighted by Crippen LogP contribution is -2.46. The van der Waals surface area contributed by atoms with E-state index in [9.17, 15) is 9.90 Å². The molecular weight excluding hydrogens is 316 g/mol. The van der Waals surface area contributed by atoms with Gasteiger partial charge in [-0.15, -0.1) is 0 Å². The largest absolute Gasteiger partial charge is 0.389 e. The van der Waals surface area contributed by atoms with Gasteiger partial charge in [-0.2, -0.15) is 0 Å². The van der Waals surface area contributed by atoms with Gasteiger partial charge in [0.25, 0.3) is 0 Å². The van der Waals surface area contributed by atoms with Crippen molar-refractivity contribution in [1.82, 2.24) is 4.90 Å². The van der Waals surface area contributed by atoms with E-state index in [0.717, 1.165) is 45.1 Å². The molecule has 3 N–H and O–H groups in total. The van der Waals surface area contributed by atoms with Crippen molar-refractivity contribution >= 4 is 5.91 Å². The molecule has 5 heteroatoms. The minimum atomic E-state index is -0.539. The summed E-state index contributed by atoms with van der Waals surface area (Å²) in [6.07, 6.45) is 6.39. The first-order chi connectivity index (χ1) is 12.1. The van der Waals surface area contributed by atoms with Gasteiger partial charge in [-0.3, -0.25) is 9.69 Å². The van der Waals surface area contributed by atoms with Crippen LogP contribution in [-0.2, 0) is 16.0 Å². The summed E-state index contributed by atoms with van der Waals surface area (Å²) in [4.78, 5) is 13.5. The fraction of sp³-hybridized carbons (Fsp3) is 0.650. The Morgan fingerprint density at radius 2 is 2.12 bits per heavy atom. The lowest BCUT2D eigenvalue weighted by Gasteiger charge is -2.36. The van der Waals surface area contributed by atoms with Crippen molar-refractivity contribution in [3.8, 4) is 0 Å². The fourth-order valence-electron chi connectivity index (χ4n) is 4.20. The molecule has 3 rings (SSSR count). The van der Waals surface area contributed by atoms with Crippen LogP contribution in [0.5, 0.6) is 0 Å². The monoisotopic (exact) mass is 346 g/mol. The summed E-state index contributed by atoms with van der Waals surface area (Å²) in [7, 11) is 0. The first-order valence-electron chi connectivity index (χ1n) is 9.53. The van der Waals surface area contributed by atoms with Crippen molar-refractivity contribution in [2.24, 2.45) is 5.73 Å². The van der Waals surface area contributed by atoms with Gasteiger partial charge in [0.05, 0.1) is 18.8 Å². The van der Waals surface area contributed by atoms with Gasteiger partial charge in [-0.25, -0.2) is 0 Å². The van der Waals surface area contributed by atoms with Gasteiger partial charge >= 0.3 is 0 Å². The van der Waals surface area contributed by atoms with E-state index in [0.29, 0.717) is 19.6 Å².